The number of hydrogen-bond donors (Lipinski definition) is 1. The van der Waals surface area contributed by atoms with Gasteiger partial charge in [-0.3, -0.25) is 0 Å². The van der Waals surface area contributed by atoms with Gasteiger partial charge in [0.2, 0.25) is 5.95 Å². The number of anilines is 1. The molecule has 0 aliphatic heterocycles. The lowest BCUT2D eigenvalue weighted by Crippen LogP contribution is -2.23. The molecule has 17 heavy (non-hydrogen) atoms. The Balaban J connectivity index is 2.53. The topological polar surface area (TPSA) is 47.1 Å². The zero-order valence-corrected chi connectivity index (χ0v) is 11.1. The molecule has 0 radical (unpaired) electrons. The number of fused-ring (bicyclic) bond motifs is 1. The number of nitrogens with zero attached hydrogens (tertiary/aromatic N) is 3. The van der Waals surface area contributed by atoms with Gasteiger partial charge in [-0.2, -0.15) is 0 Å². The fraction of sp³-hybridized carbons (Fsp3) is 0.417. The van der Waals surface area contributed by atoms with Crippen LogP contribution in [-0.2, 0) is 0 Å². The Morgan fingerprint density at radius 1 is 1.47 bits per heavy atom. The Morgan fingerprint density at radius 2 is 2.18 bits per heavy atom. The highest BCUT2D eigenvalue weighted by Gasteiger charge is 2.15. The lowest BCUT2D eigenvalue weighted by atomic mass is 10.2. The van der Waals surface area contributed by atoms with Gasteiger partial charge in [-0.05, 0) is 33.2 Å². The summed E-state index contributed by atoms with van der Waals surface area (Å²) in [6.07, 6.45) is 0. The van der Waals surface area contributed by atoms with Crippen LogP contribution in [0.2, 0.25) is 5.02 Å². The SMILES string of the molecule is CC(CN(C)C)n1c(N)nc2c(Cl)cccc21. The molecule has 2 rings (SSSR count). The molecule has 0 saturated carbocycles. The quantitative estimate of drug-likeness (QED) is 0.913. The van der Waals surface area contributed by atoms with Gasteiger partial charge in [0.1, 0.15) is 5.52 Å². The van der Waals surface area contributed by atoms with Crippen LogP contribution in [-0.4, -0.2) is 35.1 Å². The molecule has 4 nitrogen and oxygen atoms in total. The third-order valence-electron chi connectivity index (χ3n) is 2.77. The number of benzene rings is 1. The Bertz CT molecular complexity index is 533. The van der Waals surface area contributed by atoms with Gasteiger partial charge >= 0.3 is 0 Å². The summed E-state index contributed by atoms with van der Waals surface area (Å²) in [6.45, 7) is 3.03. The Kier molecular flexibility index (Phi) is 3.26. The highest BCUT2D eigenvalue weighted by atomic mass is 35.5. The molecule has 5 heteroatoms. The summed E-state index contributed by atoms with van der Waals surface area (Å²) in [5, 5.41) is 0.644. The minimum absolute atomic E-state index is 0.258. The molecule has 2 aromatic rings. The van der Waals surface area contributed by atoms with Gasteiger partial charge in [-0.1, -0.05) is 17.7 Å². The van der Waals surface area contributed by atoms with E-state index in [1.807, 2.05) is 36.9 Å². The van der Waals surface area contributed by atoms with Crippen LogP contribution in [0.5, 0.6) is 0 Å². The fourth-order valence-corrected chi connectivity index (χ4v) is 2.39. The third-order valence-corrected chi connectivity index (χ3v) is 3.07. The van der Waals surface area contributed by atoms with E-state index in [0.717, 1.165) is 17.6 Å². The molecule has 0 saturated heterocycles. The van der Waals surface area contributed by atoms with Crippen molar-refractivity contribution in [3.05, 3.63) is 23.2 Å². The molecule has 1 heterocycles. The first-order valence-electron chi connectivity index (χ1n) is 5.57. The first-order valence-corrected chi connectivity index (χ1v) is 5.95. The lowest BCUT2D eigenvalue weighted by Gasteiger charge is -2.20. The highest BCUT2D eigenvalue weighted by Crippen LogP contribution is 2.27. The second-order valence-electron chi connectivity index (χ2n) is 4.56. The van der Waals surface area contributed by atoms with E-state index in [1.165, 1.54) is 0 Å². The van der Waals surface area contributed by atoms with E-state index < -0.39 is 0 Å². The maximum atomic E-state index is 6.11. The van der Waals surface area contributed by atoms with E-state index in [0.29, 0.717) is 11.0 Å². The summed E-state index contributed by atoms with van der Waals surface area (Å²) in [5.41, 5.74) is 7.74. The molecular weight excluding hydrogens is 236 g/mol. The molecule has 92 valence electrons. The van der Waals surface area contributed by atoms with Crippen molar-refractivity contribution in [1.82, 2.24) is 14.5 Å². The summed E-state index contributed by atoms with van der Waals surface area (Å²) in [7, 11) is 4.08. The van der Waals surface area contributed by atoms with E-state index in [2.05, 4.69) is 16.8 Å². The second kappa shape index (κ2) is 4.55. The van der Waals surface area contributed by atoms with Gasteiger partial charge in [-0.25, -0.2) is 4.98 Å². The van der Waals surface area contributed by atoms with E-state index in [1.54, 1.807) is 0 Å². The highest BCUT2D eigenvalue weighted by molar-refractivity contribution is 6.35. The first kappa shape index (κ1) is 12.2. The van der Waals surface area contributed by atoms with Gasteiger partial charge in [0.15, 0.2) is 0 Å². The van der Waals surface area contributed by atoms with Crippen molar-refractivity contribution in [3.63, 3.8) is 0 Å². The minimum Gasteiger partial charge on any atom is -0.369 e. The largest absolute Gasteiger partial charge is 0.369 e. The van der Waals surface area contributed by atoms with Crippen LogP contribution in [0.25, 0.3) is 11.0 Å². The van der Waals surface area contributed by atoms with E-state index >= 15 is 0 Å². The Labute approximate surface area is 106 Å². The second-order valence-corrected chi connectivity index (χ2v) is 4.97. The Hall–Kier alpha value is -1.26. The van der Waals surface area contributed by atoms with Crippen molar-refractivity contribution < 1.29 is 0 Å². The van der Waals surface area contributed by atoms with Crippen molar-refractivity contribution >= 4 is 28.6 Å². The van der Waals surface area contributed by atoms with Crippen molar-refractivity contribution in [2.75, 3.05) is 26.4 Å². The molecule has 2 N–H and O–H groups in total. The van der Waals surface area contributed by atoms with Crippen molar-refractivity contribution in [1.29, 1.82) is 0 Å². The summed E-state index contributed by atoms with van der Waals surface area (Å²) in [4.78, 5) is 6.46. The molecule has 1 aromatic carbocycles. The molecule has 0 aliphatic rings. The smallest absolute Gasteiger partial charge is 0.201 e. The number of nitrogens with two attached hydrogens (primary N) is 1. The van der Waals surface area contributed by atoms with E-state index in [-0.39, 0.29) is 6.04 Å². The average molecular weight is 253 g/mol. The van der Waals surface area contributed by atoms with Gasteiger partial charge in [-0.15, -0.1) is 0 Å². The number of para-hydroxylation sites is 1. The van der Waals surface area contributed by atoms with Gasteiger partial charge in [0.25, 0.3) is 0 Å². The number of nitrogen functional groups attached to an aromatic ring is 1. The molecule has 0 spiro atoms. The summed E-state index contributed by atoms with van der Waals surface area (Å²) >= 11 is 6.11. The average Bonchev–Trinajstić information content (AvgIpc) is 2.55. The summed E-state index contributed by atoms with van der Waals surface area (Å²) in [6, 6.07) is 6.01. The molecule has 1 atom stereocenters. The molecule has 1 unspecified atom stereocenters. The summed E-state index contributed by atoms with van der Waals surface area (Å²) < 4.78 is 2.03. The molecular formula is C12H17ClN4. The third kappa shape index (κ3) is 2.23. The van der Waals surface area contributed by atoms with Crippen LogP contribution in [0.1, 0.15) is 13.0 Å². The standard InChI is InChI=1S/C12H17ClN4/c1-8(7-16(2)3)17-10-6-4-5-9(13)11(10)15-12(17)14/h4-6,8H,7H2,1-3H3,(H2,14,15). The van der Waals surface area contributed by atoms with Crippen molar-refractivity contribution in [3.8, 4) is 0 Å². The van der Waals surface area contributed by atoms with E-state index in [4.69, 9.17) is 17.3 Å². The normalized spacial score (nSPS) is 13.5. The van der Waals surface area contributed by atoms with E-state index in [9.17, 15) is 0 Å². The van der Waals surface area contributed by atoms with Crippen LogP contribution in [0, 0.1) is 0 Å². The molecule has 0 aliphatic carbocycles. The zero-order chi connectivity index (χ0) is 12.6. The molecule has 1 aromatic heterocycles. The van der Waals surface area contributed by atoms with Crippen LogP contribution >= 0.6 is 11.6 Å². The lowest BCUT2D eigenvalue weighted by molar-refractivity contribution is 0.342. The molecule has 0 amide bonds. The predicted molar refractivity (Wildman–Crippen MR) is 72.4 cm³/mol. The van der Waals surface area contributed by atoms with Crippen LogP contribution < -0.4 is 5.73 Å². The molecule has 0 fully saturated rings. The minimum atomic E-state index is 0.258. The van der Waals surface area contributed by atoms with Gasteiger partial charge in [0, 0.05) is 12.6 Å². The first-order chi connectivity index (χ1) is 8.00. The maximum absolute atomic E-state index is 6.11. The van der Waals surface area contributed by atoms with Gasteiger partial charge in [0.05, 0.1) is 10.5 Å². The van der Waals surface area contributed by atoms with Crippen LogP contribution in [0.4, 0.5) is 5.95 Å². The number of imidazole rings is 1. The summed E-state index contributed by atoms with van der Waals surface area (Å²) in [5.74, 6) is 0.516. The number of aromatic nitrogens is 2. The molecule has 0 bridgehead atoms. The van der Waals surface area contributed by atoms with Crippen LogP contribution in [0.3, 0.4) is 0 Å². The monoisotopic (exact) mass is 252 g/mol. The fourth-order valence-electron chi connectivity index (χ4n) is 2.17. The maximum Gasteiger partial charge on any atom is 0.201 e. The Morgan fingerprint density at radius 3 is 2.82 bits per heavy atom. The number of hydrogen-bond acceptors (Lipinski definition) is 3. The zero-order valence-electron chi connectivity index (χ0n) is 10.3. The number of rotatable bonds is 3. The number of likely N-dealkylation sites (N-methyl/N-ethyl adjacent to an activating group) is 1. The number of halogens is 1. The predicted octanol–water partition coefficient (Wildman–Crippen LogP) is 2.39. The van der Waals surface area contributed by atoms with Gasteiger partial charge < -0.3 is 15.2 Å². The van der Waals surface area contributed by atoms with Crippen molar-refractivity contribution in [2.24, 2.45) is 0 Å². The van der Waals surface area contributed by atoms with Crippen LogP contribution in [0.15, 0.2) is 18.2 Å². The van der Waals surface area contributed by atoms with Crippen molar-refractivity contribution in [2.45, 2.75) is 13.0 Å².